The first-order valence-corrected chi connectivity index (χ1v) is 5.97. The summed E-state index contributed by atoms with van der Waals surface area (Å²) in [7, 11) is 0. The number of aliphatic hydroxyl groups excluding tert-OH is 1. The van der Waals surface area contributed by atoms with E-state index in [-0.39, 0.29) is 11.9 Å². The third-order valence-corrected chi connectivity index (χ3v) is 2.42. The fraction of sp³-hybridized carbons (Fsp3) is 0.500. The fourth-order valence-electron chi connectivity index (χ4n) is 1.45. The number of aliphatic hydroxyl groups is 1. The van der Waals surface area contributed by atoms with Gasteiger partial charge < -0.3 is 9.84 Å². The molecule has 0 bridgehead atoms. The molecule has 0 spiro atoms. The SMILES string of the molecule is CC(C)OCC(O)CCC(=O)c1ccccc1. The number of hydrogen-bond donors (Lipinski definition) is 1. The minimum Gasteiger partial charge on any atom is -0.391 e. The van der Waals surface area contributed by atoms with Crippen LogP contribution in [-0.4, -0.2) is 29.7 Å². The van der Waals surface area contributed by atoms with Gasteiger partial charge in [0.2, 0.25) is 0 Å². The molecule has 3 nitrogen and oxygen atoms in total. The molecule has 1 N–H and O–H groups in total. The highest BCUT2D eigenvalue weighted by Gasteiger charge is 2.10. The second-order valence-corrected chi connectivity index (χ2v) is 4.36. The summed E-state index contributed by atoms with van der Waals surface area (Å²) in [6, 6.07) is 9.14. The van der Waals surface area contributed by atoms with E-state index in [1.807, 2.05) is 32.0 Å². The Balaban J connectivity index is 2.29. The average Bonchev–Trinajstić information content (AvgIpc) is 2.34. The van der Waals surface area contributed by atoms with Crippen molar-refractivity contribution < 1.29 is 14.6 Å². The molecule has 1 aromatic carbocycles. The summed E-state index contributed by atoms with van der Waals surface area (Å²) in [5.74, 6) is 0.0641. The van der Waals surface area contributed by atoms with Gasteiger partial charge in [0, 0.05) is 12.0 Å². The molecule has 0 aliphatic heterocycles. The van der Waals surface area contributed by atoms with Crippen LogP contribution in [0.25, 0.3) is 0 Å². The minimum atomic E-state index is -0.565. The zero-order valence-electron chi connectivity index (χ0n) is 10.4. The number of ether oxygens (including phenoxy) is 1. The zero-order chi connectivity index (χ0) is 12.7. The number of hydrogen-bond acceptors (Lipinski definition) is 3. The maximum Gasteiger partial charge on any atom is 0.162 e. The predicted octanol–water partition coefficient (Wildman–Crippen LogP) is 2.44. The van der Waals surface area contributed by atoms with E-state index < -0.39 is 6.10 Å². The van der Waals surface area contributed by atoms with E-state index in [1.54, 1.807) is 12.1 Å². The highest BCUT2D eigenvalue weighted by molar-refractivity contribution is 5.95. The monoisotopic (exact) mass is 236 g/mol. The number of carbonyl (C=O) groups is 1. The summed E-state index contributed by atoms with van der Waals surface area (Å²) in [4.78, 5) is 11.7. The fourth-order valence-corrected chi connectivity index (χ4v) is 1.45. The van der Waals surface area contributed by atoms with Crippen molar-refractivity contribution >= 4 is 5.78 Å². The van der Waals surface area contributed by atoms with E-state index >= 15 is 0 Å². The van der Waals surface area contributed by atoms with E-state index in [0.717, 1.165) is 0 Å². The third kappa shape index (κ3) is 5.61. The lowest BCUT2D eigenvalue weighted by atomic mass is 10.0. The molecule has 0 aliphatic rings. The van der Waals surface area contributed by atoms with Gasteiger partial charge in [-0.2, -0.15) is 0 Å². The lowest BCUT2D eigenvalue weighted by Gasteiger charge is -2.12. The van der Waals surface area contributed by atoms with Crippen LogP contribution in [0.1, 0.15) is 37.0 Å². The molecule has 1 aromatic rings. The van der Waals surface area contributed by atoms with Gasteiger partial charge in [-0.05, 0) is 20.3 Å². The van der Waals surface area contributed by atoms with Crippen LogP contribution >= 0.6 is 0 Å². The van der Waals surface area contributed by atoms with E-state index in [1.165, 1.54) is 0 Å². The lowest BCUT2D eigenvalue weighted by Crippen LogP contribution is -2.19. The Labute approximate surface area is 102 Å². The Kier molecular flexibility index (Phi) is 5.87. The molecule has 94 valence electrons. The molecule has 0 saturated heterocycles. The standard InChI is InChI=1S/C14H20O3/c1-11(2)17-10-13(15)8-9-14(16)12-6-4-3-5-7-12/h3-7,11,13,15H,8-10H2,1-2H3. The second kappa shape index (κ2) is 7.20. The predicted molar refractivity (Wildman–Crippen MR) is 67.1 cm³/mol. The van der Waals surface area contributed by atoms with Gasteiger partial charge in [0.05, 0.1) is 18.8 Å². The highest BCUT2D eigenvalue weighted by atomic mass is 16.5. The van der Waals surface area contributed by atoms with Gasteiger partial charge >= 0.3 is 0 Å². The van der Waals surface area contributed by atoms with E-state index in [2.05, 4.69) is 0 Å². The van der Waals surface area contributed by atoms with Gasteiger partial charge in [-0.1, -0.05) is 30.3 Å². The molecule has 0 saturated carbocycles. The molecule has 0 aromatic heterocycles. The summed E-state index contributed by atoms with van der Waals surface area (Å²) >= 11 is 0. The molecule has 0 fully saturated rings. The van der Waals surface area contributed by atoms with Crippen molar-refractivity contribution in [3.05, 3.63) is 35.9 Å². The molecule has 1 rings (SSSR count). The molecule has 1 atom stereocenters. The Bertz CT molecular complexity index is 333. The van der Waals surface area contributed by atoms with Crippen LogP contribution in [-0.2, 0) is 4.74 Å². The van der Waals surface area contributed by atoms with E-state index in [4.69, 9.17) is 4.74 Å². The Morgan fingerprint density at radius 1 is 1.29 bits per heavy atom. The summed E-state index contributed by atoms with van der Waals surface area (Å²) < 4.78 is 5.28. The molecule has 0 amide bonds. The zero-order valence-corrected chi connectivity index (χ0v) is 10.4. The van der Waals surface area contributed by atoms with Crippen molar-refractivity contribution in [2.75, 3.05) is 6.61 Å². The van der Waals surface area contributed by atoms with Crippen molar-refractivity contribution in [1.82, 2.24) is 0 Å². The van der Waals surface area contributed by atoms with Crippen molar-refractivity contribution in [2.24, 2.45) is 0 Å². The third-order valence-electron chi connectivity index (χ3n) is 2.42. The van der Waals surface area contributed by atoms with Gasteiger partial charge in [0.15, 0.2) is 5.78 Å². The van der Waals surface area contributed by atoms with Crippen LogP contribution in [0.4, 0.5) is 0 Å². The first kappa shape index (κ1) is 13.9. The maximum atomic E-state index is 11.7. The van der Waals surface area contributed by atoms with Crippen LogP contribution in [0, 0.1) is 0 Å². The molecule has 0 radical (unpaired) electrons. The molecule has 0 aliphatic carbocycles. The van der Waals surface area contributed by atoms with E-state index in [0.29, 0.717) is 25.0 Å². The Morgan fingerprint density at radius 3 is 2.53 bits per heavy atom. The molecule has 1 unspecified atom stereocenters. The van der Waals surface area contributed by atoms with Crippen LogP contribution in [0.3, 0.4) is 0 Å². The summed E-state index contributed by atoms with van der Waals surface area (Å²) in [5.41, 5.74) is 0.699. The van der Waals surface area contributed by atoms with Crippen LogP contribution in [0.5, 0.6) is 0 Å². The van der Waals surface area contributed by atoms with Crippen LogP contribution in [0.2, 0.25) is 0 Å². The number of Topliss-reactive ketones (excluding diaryl/α,β-unsaturated/α-hetero) is 1. The van der Waals surface area contributed by atoms with Gasteiger partial charge in [0.25, 0.3) is 0 Å². The van der Waals surface area contributed by atoms with Crippen LogP contribution in [0.15, 0.2) is 30.3 Å². The number of rotatable bonds is 7. The Morgan fingerprint density at radius 2 is 1.94 bits per heavy atom. The number of benzene rings is 1. The first-order chi connectivity index (χ1) is 8.09. The van der Waals surface area contributed by atoms with Gasteiger partial charge in [0.1, 0.15) is 0 Å². The summed E-state index contributed by atoms with van der Waals surface area (Å²) in [6.07, 6.45) is 0.340. The highest BCUT2D eigenvalue weighted by Crippen LogP contribution is 2.07. The molecular formula is C14H20O3. The summed E-state index contributed by atoms with van der Waals surface area (Å²) in [6.45, 7) is 4.13. The topological polar surface area (TPSA) is 46.5 Å². The van der Waals surface area contributed by atoms with Crippen molar-refractivity contribution in [3.63, 3.8) is 0 Å². The van der Waals surface area contributed by atoms with E-state index in [9.17, 15) is 9.90 Å². The summed E-state index contributed by atoms with van der Waals surface area (Å²) in [5, 5.41) is 9.62. The van der Waals surface area contributed by atoms with Gasteiger partial charge in [-0.3, -0.25) is 4.79 Å². The van der Waals surface area contributed by atoms with Crippen molar-refractivity contribution in [1.29, 1.82) is 0 Å². The average molecular weight is 236 g/mol. The molecular weight excluding hydrogens is 216 g/mol. The lowest BCUT2D eigenvalue weighted by molar-refractivity contribution is 0.00238. The minimum absolute atomic E-state index is 0.0641. The maximum absolute atomic E-state index is 11.7. The largest absolute Gasteiger partial charge is 0.391 e. The smallest absolute Gasteiger partial charge is 0.162 e. The molecule has 17 heavy (non-hydrogen) atoms. The van der Waals surface area contributed by atoms with Gasteiger partial charge in [-0.15, -0.1) is 0 Å². The van der Waals surface area contributed by atoms with Crippen molar-refractivity contribution in [3.8, 4) is 0 Å². The first-order valence-electron chi connectivity index (χ1n) is 5.97. The molecule has 0 heterocycles. The number of ketones is 1. The van der Waals surface area contributed by atoms with Crippen molar-refractivity contribution in [2.45, 2.75) is 38.9 Å². The van der Waals surface area contributed by atoms with Crippen LogP contribution < -0.4 is 0 Å². The molecule has 3 heteroatoms. The Hall–Kier alpha value is -1.19. The second-order valence-electron chi connectivity index (χ2n) is 4.36. The number of carbonyl (C=O) groups excluding carboxylic acids is 1. The normalized spacial score (nSPS) is 12.7. The quantitative estimate of drug-likeness (QED) is 0.740. The van der Waals surface area contributed by atoms with Gasteiger partial charge in [-0.25, -0.2) is 0 Å².